The number of ether oxygens (including phenoxy) is 1. The third-order valence-corrected chi connectivity index (χ3v) is 4.06. The van der Waals surface area contributed by atoms with Crippen molar-refractivity contribution in [3.05, 3.63) is 30.1 Å². The monoisotopic (exact) mass is 275 g/mol. The topological polar surface area (TPSA) is 45.7 Å². The van der Waals surface area contributed by atoms with E-state index in [1.165, 1.54) is 0 Å². The Kier molecular flexibility index (Phi) is 4.28. The molecule has 1 unspecified atom stereocenters. The molecule has 0 aliphatic carbocycles. The van der Waals surface area contributed by atoms with E-state index in [4.69, 9.17) is 4.74 Å². The van der Waals surface area contributed by atoms with Gasteiger partial charge in [-0.2, -0.15) is 0 Å². The molecule has 3 rings (SSSR count). The second-order valence-corrected chi connectivity index (χ2v) is 5.39. The standard InChI is InChI=1S/C15H21N3O2/c19-15(17-8-10-20-11-9-17)14-5-3-7-18(14)12-13-4-1-2-6-16-13/h1-2,4,6,14H,3,5,7-12H2. The van der Waals surface area contributed by atoms with Gasteiger partial charge in [-0.1, -0.05) is 6.07 Å². The first kappa shape index (κ1) is 13.5. The molecule has 0 aromatic carbocycles. The first-order valence-electron chi connectivity index (χ1n) is 7.35. The third kappa shape index (κ3) is 2.99. The molecule has 1 aromatic rings. The minimum absolute atomic E-state index is 0.0232. The summed E-state index contributed by atoms with van der Waals surface area (Å²) in [5.41, 5.74) is 1.04. The van der Waals surface area contributed by atoms with Gasteiger partial charge >= 0.3 is 0 Å². The molecule has 1 aromatic heterocycles. The van der Waals surface area contributed by atoms with Crippen LogP contribution in [0.4, 0.5) is 0 Å². The number of likely N-dealkylation sites (tertiary alicyclic amines) is 1. The summed E-state index contributed by atoms with van der Waals surface area (Å²) in [4.78, 5) is 21.2. The minimum Gasteiger partial charge on any atom is -0.378 e. The fourth-order valence-electron chi connectivity index (χ4n) is 2.99. The molecule has 5 nitrogen and oxygen atoms in total. The Balaban J connectivity index is 1.64. The van der Waals surface area contributed by atoms with Gasteiger partial charge in [-0.15, -0.1) is 0 Å². The van der Waals surface area contributed by atoms with Gasteiger partial charge < -0.3 is 9.64 Å². The van der Waals surface area contributed by atoms with Crippen molar-refractivity contribution < 1.29 is 9.53 Å². The highest BCUT2D eigenvalue weighted by Gasteiger charge is 2.34. The summed E-state index contributed by atoms with van der Waals surface area (Å²) >= 11 is 0. The molecule has 2 aliphatic rings. The van der Waals surface area contributed by atoms with Gasteiger partial charge in [0.25, 0.3) is 0 Å². The molecule has 0 saturated carbocycles. The maximum atomic E-state index is 12.6. The van der Waals surface area contributed by atoms with Gasteiger partial charge in [0.05, 0.1) is 24.9 Å². The number of rotatable bonds is 3. The summed E-state index contributed by atoms with van der Waals surface area (Å²) in [6.07, 6.45) is 3.86. The lowest BCUT2D eigenvalue weighted by atomic mass is 10.1. The van der Waals surface area contributed by atoms with Gasteiger partial charge in [0, 0.05) is 25.8 Å². The lowest BCUT2D eigenvalue weighted by Gasteiger charge is -2.32. The van der Waals surface area contributed by atoms with E-state index in [9.17, 15) is 4.79 Å². The number of carbonyl (C=O) groups is 1. The lowest BCUT2D eigenvalue weighted by Crippen LogP contribution is -2.49. The van der Waals surface area contributed by atoms with Crippen molar-refractivity contribution in [2.45, 2.75) is 25.4 Å². The van der Waals surface area contributed by atoms with Crippen LogP contribution in [-0.2, 0) is 16.1 Å². The van der Waals surface area contributed by atoms with Crippen LogP contribution < -0.4 is 0 Å². The van der Waals surface area contributed by atoms with Gasteiger partial charge in [-0.05, 0) is 31.5 Å². The first-order valence-corrected chi connectivity index (χ1v) is 7.35. The molecule has 2 saturated heterocycles. The predicted octanol–water partition coefficient (Wildman–Crippen LogP) is 0.905. The Morgan fingerprint density at radius 3 is 2.90 bits per heavy atom. The minimum atomic E-state index is 0.0232. The maximum Gasteiger partial charge on any atom is 0.240 e. The van der Waals surface area contributed by atoms with Crippen LogP contribution in [0.3, 0.4) is 0 Å². The van der Waals surface area contributed by atoms with E-state index < -0.39 is 0 Å². The highest BCUT2D eigenvalue weighted by atomic mass is 16.5. The molecule has 5 heteroatoms. The maximum absolute atomic E-state index is 12.6. The Labute approximate surface area is 119 Å². The number of aromatic nitrogens is 1. The molecule has 0 spiro atoms. The van der Waals surface area contributed by atoms with E-state index >= 15 is 0 Å². The van der Waals surface area contributed by atoms with Crippen LogP contribution in [0.15, 0.2) is 24.4 Å². The quantitative estimate of drug-likeness (QED) is 0.822. The zero-order chi connectivity index (χ0) is 13.8. The van der Waals surface area contributed by atoms with E-state index in [-0.39, 0.29) is 11.9 Å². The van der Waals surface area contributed by atoms with E-state index in [0.717, 1.165) is 44.7 Å². The van der Waals surface area contributed by atoms with Crippen molar-refractivity contribution in [3.63, 3.8) is 0 Å². The second kappa shape index (κ2) is 6.33. The number of hydrogen-bond donors (Lipinski definition) is 0. The van der Waals surface area contributed by atoms with Gasteiger partial charge in [-0.25, -0.2) is 0 Å². The highest BCUT2D eigenvalue weighted by molar-refractivity contribution is 5.82. The van der Waals surface area contributed by atoms with Gasteiger partial charge in [0.1, 0.15) is 0 Å². The van der Waals surface area contributed by atoms with Crippen LogP contribution in [0.1, 0.15) is 18.5 Å². The summed E-state index contributed by atoms with van der Waals surface area (Å²) in [6, 6.07) is 5.96. The zero-order valence-electron chi connectivity index (χ0n) is 11.7. The van der Waals surface area contributed by atoms with Gasteiger partial charge in [-0.3, -0.25) is 14.7 Å². The van der Waals surface area contributed by atoms with E-state index in [1.54, 1.807) is 0 Å². The zero-order valence-corrected chi connectivity index (χ0v) is 11.7. The van der Waals surface area contributed by atoms with Crippen LogP contribution >= 0.6 is 0 Å². The SMILES string of the molecule is O=C(C1CCCN1Cc1ccccn1)N1CCOCC1. The summed E-state index contributed by atoms with van der Waals surface area (Å²) in [5.74, 6) is 0.265. The van der Waals surface area contributed by atoms with Crippen LogP contribution in [0.2, 0.25) is 0 Å². The molecule has 20 heavy (non-hydrogen) atoms. The largest absolute Gasteiger partial charge is 0.378 e. The number of hydrogen-bond acceptors (Lipinski definition) is 4. The third-order valence-electron chi connectivity index (χ3n) is 4.06. The molecule has 2 fully saturated rings. The molecule has 108 valence electrons. The molecule has 0 radical (unpaired) electrons. The molecule has 2 aliphatic heterocycles. The summed E-state index contributed by atoms with van der Waals surface area (Å²) in [5, 5.41) is 0. The Hall–Kier alpha value is -1.46. The van der Waals surface area contributed by atoms with E-state index in [2.05, 4.69) is 9.88 Å². The van der Waals surface area contributed by atoms with Crippen molar-refractivity contribution in [3.8, 4) is 0 Å². The summed E-state index contributed by atoms with van der Waals surface area (Å²) in [6.45, 7) is 4.54. The lowest BCUT2D eigenvalue weighted by molar-refractivity contribution is -0.140. The number of morpholine rings is 1. The van der Waals surface area contributed by atoms with Crippen molar-refractivity contribution >= 4 is 5.91 Å². The summed E-state index contributed by atoms with van der Waals surface area (Å²) < 4.78 is 5.32. The van der Waals surface area contributed by atoms with Crippen molar-refractivity contribution in [1.82, 2.24) is 14.8 Å². The van der Waals surface area contributed by atoms with Crippen molar-refractivity contribution in [1.29, 1.82) is 0 Å². The van der Waals surface area contributed by atoms with Crippen LogP contribution in [0.5, 0.6) is 0 Å². The molecule has 1 amide bonds. The van der Waals surface area contributed by atoms with E-state index in [1.807, 2.05) is 29.3 Å². The first-order chi connectivity index (χ1) is 9.84. The normalized spacial score (nSPS) is 24.0. The van der Waals surface area contributed by atoms with Gasteiger partial charge in [0.15, 0.2) is 0 Å². The fourth-order valence-corrected chi connectivity index (χ4v) is 2.99. The van der Waals surface area contributed by atoms with Gasteiger partial charge in [0.2, 0.25) is 5.91 Å². The molecule has 1 atom stereocenters. The molecule has 0 N–H and O–H groups in total. The van der Waals surface area contributed by atoms with Crippen LogP contribution in [-0.4, -0.2) is 59.6 Å². The summed E-state index contributed by atoms with van der Waals surface area (Å²) in [7, 11) is 0. The fraction of sp³-hybridized carbons (Fsp3) is 0.600. The number of pyridine rings is 1. The predicted molar refractivity (Wildman–Crippen MR) is 75.1 cm³/mol. The Morgan fingerprint density at radius 1 is 1.30 bits per heavy atom. The Morgan fingerprint density at radius 2 is 2.15 bits per heavy atom. The van der Waals surface area contributed by atoms with Crippen LogP contribution in [0, 0.1) is 0 Å². The Bertz CT molecular complexity index is 446. The highest BCUT2D eigenvalue weighted by Crippen LogP contribution is 2.21. The van der Waals surface area contributed by atoms with Crippen LogP contribution in [0.25, 0.3) is 0 Å². The average Bonchev–Trinajstić information content (AvgIpc) is 2.96. The number of amides is 1. The van der Waals surface area contributed by atoms with E-state index in [0.29, 0.717) is 13.2 Å². The molecular weight excluding hydrogens is 254 g/mol. The molecule has 3 heterocycles. The smallest absolute Gasteiger partial charge is 0.240 e. The molecule has 0 bridgehead atoms. The number of nitrogens with zero attached hydrogens (tertiary/aromatic N) is 3. The second-order valence-electron chi connectivity index (χ2n) is 5.39. The number of carbonyl (C=O) groups excluding carboxylic acids is 1. The van der Waals surface area contributed by atoms with Crippen molar-refractivity contribution in [2.24, 2.45) is 0 Å². The average molecular weight is 275 g/mol. The molecular formula is C15H21N3O2. The van der Waals surface area contributed by atoms with Crippen molar-refractivity contribution in [2.75, 3.05) is 32.8 Å².